The second-order valence-electron chi connectivity index (χ2n) is 6.13. The molecule has 2 bridgehead atoms. The van der Waals surface area contributed by atoms with Crippen LogP contribution in [0.4, 0.5) is 0 Å². The van der Waals surface area contributed by atoms with Crippen LogP contribution in [-0.2, 0) is 6.54 Å². The van der Waals surface area contributed by atoms with Crippen molar-refractivity contribution in [2.45, 2.75) is 37.9 Å². The molecule has 2 aromatic rings. The van der Waals surface area contributed by atoms with Crippen LogP contribution in [0.3, 0.4) is 0 Å². The number of piperazine rings is 1. The van der Waals surface area contributed by atoms with Gasteiger partial charge in [0.25, 0.3) is 0 Å². The summed E-state index contributed by atoms with van der Waals surface area (Å²) in [7, 11) is 1.71. The van der Waals surface area contributed by atoms with E-state index in [-0.39, 0.29) is 12.4 Å². The number of nitrogens with one attached hydrogen (secondary N) is 1. The summed E-state index contributed by atoms with van der Waals surface area (Å²) in [5, 5.41) is 4.96. The van der Waals surface area contributed by atoms with Crippen molar-refractivity contribution in [2.24, 2.45) is 0 Å². The molecule has 0 saturated carbocycles. The smallest absolute Gasteiger partial charge is 0.120 e. The molecule has 2 fully saturated rings. The van der Waals surface area contributed by atoms with E-state index in [1.807, 2.05) is 6.07 Å². The highest BCUT2D eigenvalue weighted by molar-refractivity contribution is 7.18. The summed E-state index contributed by atoms with van der Waals surface area (Å²) in [4.78, 5) is 7.35. The molecule has 0 spiro atoms. The Bertz CT molecular complexity index is 635. The van der Waals surface area contributed by atoms with Crippen LogP contribution in [0, 0.1) is 0 Å². The van der Waals surface area contributed by atoms with Crippen molar-refractivity contribution in [2.75, 3.05) is 20.2 Å². The summed E-state index contributed by atoms with van der Waals surface area (Å²) in [5.41, 5.74) is 1.09. The van der Waals surface area contributed by atoms with E-state index in [1.54, 1.807) is 18.4 Å². The minimum atomic E-state index is 0. The zero-order valence-corrected chi connectivity index (χ0v) is 14.4. The van der Waals surface area contributed by atoms with Crippen molar-refractivity contribution in [3.05, 3.63) is 23.2 Å². The molecule has 2 atom stereocenters. The fourth-order valence-corrected chi connectivity index (χ4v) is 4.60. The second-order valence-corrected chi connectivity index (χ2v) is 7.24. The molecule has 22 heavy (non-hydrogen) atoms. The maximum absolute atomic E-state index is 5.29. The Kier molecular flexibility index (Phi) is 4.88. The highest BCUT2D eigenvalue weighted by atomic mass is 35.5. The van der Waals surface area contributed by atoms with Crippen molar-refractivity contribution in [1.82, 2.24) is 15.2 Å². The molecular weight excluding hydrogens is 318 g/mol. The van der Waals surface area contributed by atoms with Crippen LogP contribution < -0.4 is 10.1 Å². The van der Waals surface area contributed by atoms with Gasteiger partial charge in [0.15, 0.2) is 0 Å². The van der Waals surface area contributed by atoms with Crippen molar-refractivity contribution in [1.29, 1.82) is 0 Å². The van der Waals surface area contributed by atoms with Crippen LogP contribution in [0.1, 0.15) is 24.3 Å². The van der Waals surface area contributed by atoms with Crippen LogP contribution in [-0.4, -0.2) is 42.2 Å². The number of hydrogen-bond acceptors (Lipinski definition) is 5. The maximum Gasteiger partial charge on any atom is 0.120 e. The molecule has 2 aliphatic heterocycles. The van der Waals surface area contributed by atoms with Crippen molar-refractivity contribution >= 4 is 34.0 Å². The lowest BCUT2D eigenvalue weighted by molar-refractivity contribution is 0.119. The molecule has 4 rings (SSSR count). The average Bonchev–Trinajstić information content (AvgIpc) is 2.87. The Morgan fingerprint density at radius 3 is 2.82 bits per heavy atom. The number of halogens is 1. The fraction of sp³-hybridized carbons (Fsp3) is 0.562. The minimum absolute atomic E-state index is 0. The van der Waals surface area contributed by atoms with E-state index in [1.165, 1.54) is 29.0 Å². The van der Waals surface area contributed by atoms with E-state index in [0.717, 1.165) is 30.9 Å². The average molecular weight is 340 g/mol. The maximum atomic E-state index is 5.29. The van der Waals surface area contributed by atoms with Crippen LogP contribution in [0.25, 0.3) is 10.2 Å². The summed E-state index contributed by atoms with van der Waals surface area (Å²) in [5.74, 6) is 0.911. The molecule has 0 amide bonds. The van der Waals surface area contributed by atoms with Gasteiger partial charge in [0.05, 0.1) is 23.9 Å². The highest BCUT2D eigenvalue weighted by Gasteiger charge is 2.29. The first-order valence-electron chi connectivity index (χ1n) is 7.72. The van der Waals surface area contributed by atoms with Gasteiger partial charge in [0.1, 0.15) is 10.8 Å². The second kappa shape index (κ2) is 6.71. The quantitative estimate of drug-likeness (QED) is 0.932. The van der Waals surface area contributed by atoms with E-state index in [9.17, 15) is 0 Å². The molecule has 3 heterocycles. The number of ether oxygens (including phenoxy) is 1. The lowest BCUT2D eigenvalue weighted by Gasteiger charge is -2.42. The summed E-state index contributed by atoms with van der Waals surface area (Å²) in [6.07, 6.45) is 4.03. The predicted molar refractivity (Wildman–Crippen MR) is 93.3 cm³/mol. The SMILES string of the molecule is COc1ccc2nc(CN3CC4CCCC(C3)N4)sc2c1.Cl. The minimum Gasteiger partial charge on any atom is -0.497 e. The zero-order chi connectivity index (χ0) is 14.2. The van der Waals surface area contributed by atoms with Crippen molar-refractivity contribution in [3.63, 3.8) is 0 Å². The Balaban J connectivity index is 0.00000144. The van der Waals surface area contributed by atoms with E-state index >= 15 is 0 Å². The summed E-state index contributed by atoms with van der Waals surface area (Å²) in [6.45, 7) is 3.31. The van der Waals surface area contributed by atoms with E-state index in [4.69, 9.17) is 9.72 Å². The number of methoxy groups -OCH3 is 1. The molecule has 2 aliphatic rings. The Morgan fingerprint density at radius 2 is 2.09 bits per heavy atom. The molecular formula is C16H22ClN3OS. The number of aromatic nitrogens is 1. The standard InChI is InChI=1S/C16H21N3OS.ClH/c1-20-13-5-6-14-15(7-13)21-16(18-14)10-19-8-11-3-2-4-12(9-19)17-11;/h5-7,11-12,17H,2-4,8-10H2,1H3;1H. The van der Waals surface area contributed by atoms with E-state index < -0.39 is 0 Å². The van der Waals surface area contributed by atoms with Gasteiger partial charge in [-0.3, -0.25) is 4.90 Å². The molecule has 0 radical (unpaired) electrons. The van der Waals surface area contributed by atoms with E-state index in [2.05, 4.69) is 22.3 Å². The molecule has 1 aromatic heterocycles. The summed E-state index contributed by atoms with van der Waals surface area (Å²) < 4.78 is 6.51. The van der Waals surface area contributed by atoms with E-state index in [0.29, 0.717) is 12.1 Å². The number of nitrogens with zero attached hydrogens (tertiary/aromatic N) is 2. The third-order valence-corrected chi connectivity index (χ3v) is 5.54. The molecule has 1 aromatic carbocycles. The summed E-state index contributed by atoms with van der Waals surface area (Å²) >= 11 is 1.80. The van der Waals surface area contributed by atoms with Gasteiger partial charge in [-0.05, 0) is 31.0 Å². The van der Waals surface area contributed by atoms with Crippen LogP contribution >= 0.6 is 23.7 Å². The zero-order valence-electron chi connectivity index (χ0n) is 12.7. The molecule has 120 valence electrons. The first-order valence-corrected chi connectivity index (χ1v) is 8.53. The van der Waals surface area contributed by atoms with Gasteiger partial charge in [-0.15, -0.1) is 23.7 Å². The number of likely N-dealkylation sites (tertiary alicyclic amines) is 1. The highest BCUT2D eigenvalue weighted by Crippen LogP contribution is 2.28. The molecule has 1 N–H and O–H groups in total. The lowest BCUT2D eigenvalue weighted by atomic mass is 9.94. The largest absolute Gasteiger partial charge is 0.497 e. The van der Waals surface area contributed by atoms with Crippen LogP contribution in [0.5, 0.6) is 5.75 Å². The Morgan fingerprint density at radius 1 is 1.32 bits per heavy atom. The lowest BCUT2D eigenvalue weighted by Crippen LogP contribution is -2.58. The fourth-order valence-electron chi connectivity index (χ4n) is 3.56. The van der Waals surface area contributed by atoms with Crippen molar-refractivity contribution in [3.8, 4) is 5.75 Å². The first kappa shape index (κ1) is 16.0. The van der Waals surface area contributed by atoms with Gasteiger partial charge < -0.3 is 10.1 Å². The monoisotopic (exact) mass is 339 g/mol. The Hall–Kier alpha value is -0.880. The third-order valence-electron chi connectivity index (χ3n) is 4.53. The number of benzene rings is 1. The predicted octanol–water partition coefficient (Wildman–Crippen LogP) is 3.05. The van der Waals surface area contributed by atoms with Gasteiger partial charge in [-0.1, -0.05) is 6.42 Å². The molecule has 0 aliphatic carbocycles. The van der Waals surface area contributed by atoms with Crippen LogP contribution in [0.2, 0.25) is 0 Å². The number of hydrogen-bond donors (Lipinski definition) is 1. The molecule has 2 saturated heterocycles. The number of piperidine rings is 1. The topological polar surface area (TPSA) is 37.4 Å². The molecule has 4 nitrogen and oxygen atoms in total. The Labute approximate surface area is 141 Å². The van der Waals surface area contributed by atoms with Gasteiger partial charge in [0.2, 0.25) is 0 Å². The van der Waals surface area contributed by atoms with Gasteiger partial charge in [0, 0.05) is 25.2 Å². The molecule has 2 unspecified atom stereocenters. The number of thiazole rings is 1. The van der Waals surface area contributed by atoms with Gasteiger partial charge >= 0.3 is 0 Å². The number of rotatable bonds is 3. The van der Waals surface area contributed by atoms with Crippen molar-refractivity contribution < 1.29 is 4.74 Å². The summed E-state index contributed by atoms with van der Waals surface area (Å²) in [6, 6.07) is 7.50. The first-order chi connectivity index (χ1) is 10.3. The van der Waals surface area contributed by atoms with Gasteiger partial charge in [-0.25, -0.2) is 4.98 Å². The van der Waals surface area contributed by atoms with Crippen LogP contribution in [0.15, 0.2) is 18.2 Å². The molecule has 6 heteroatoms. The number of fused-ring (bicyclic) bond motifs is 3. The third kappa shape index (κ3) is 3.23. The van der Waals surface area contributed by atoms with Gasteiger partial charge in [-0.2, -0.15) is 0 Å². The normalized spacial score (nSPS) is 25.0.